The molecule has 1 unspecified atom stereocenters. The van der Waals surface area contributed by atoms with Gasteiger partial charge in [-0.1, -0.05) is 39.3 Å². The van der Waals surface area contributed by atoms with Crippen LogP contribution in [-0.4, -0.2) is 16.7 Å². The second-order valence-electron chi connectivity index (χ2n) is 5.56. The summed E-state index contributed by atoms with van der Waals surface area (Å²) in [6.45, 7) is 9.30. The number of hydrogen-bond donors (Lipinski definition) is 1. The Morgan fingerprint density at radius 3 is 2.56 bits per heavy atom. The molecule has 0 aliphatic heterocycles. The molecular weight excluding hydrogens is 202 g/mol. The van der Waals surface area contributed by atoms with E-state index in [1.165, 1.54) is 0 Å². The molecule has 2 N–H and O–H groups in total. The fraction of sp³-hybridized carbons (Fsp3) is 0.833. The van der Waals surface area contributed by atoms with Crippen molar-refractivity contribution in [1.82, 2.24) is 10.1 Å². The zero-order chi connectivity index (χ0) is 12.2. The first kappa shape index (κ1) is 13.2. The van der Waals surface area contributed by atoms with E-state index in [1.807, 2.05) is 0 Å². The van der Waals surface area contributed by atoms with Crippen LogP contribution in [0.1, 0.15) is 45.8 Å². The Morgan fingerprint density at radius 1 is 1.38 bits per heavy atom. The van der Waals surface area contributed by atoms with Gasteiger partial charge in [0.15, 0.2) is 5.82 Å². The number of rotatable bonds is 5. The summed E-state index contributed by atoms with van der Waals surface area (Å²) in [7, 11) is 0. The molecule has 1 heterocycles. The fourth-order valence-corrected chi connectivity index (χ4v) is 1.56. The van der Waals surface area contributed by atoms with Crippen LogP contribution in [0.4, 0.5) is 0 Å². The predicted octanol–water partition coefficient (Wildman–Crippen LogP) is 2.19. The van der Waals surface area contributed by atoms with E-state index >= 15 is 0 Å². The minimum atomic E-state index is 0.194. The molecule has 0 saturated carbocycles. The Hall–Kier alpha value is -0.900. The van der Waals surface area contributed by atoms with Gasteiger partial charge in [0.1, 0.15) is 0 Å². The van der Waals surface area contributed by atoms with E-state index in [-0.39, 0.29) is 5.41 Å². The average Bonchev–Trinajstić information content (AvgIpc) is 2.59. The Bertz CT molecular complexity index is 310. The van der Waals surface area contributed by atoms with Crippen LogP contribution >= 0.6 is 0 Å². The summed E-state index contributed by atoms with van der Waals surface area (Å²) in [5, 5.41) is 4.00. The van der Waals surface area contributed by atoms with E-state index < -0.39 is 0 Å². The monoisotopic (exact) mass is 225 g/mol. The topological polar surface area (TPSA) is 64.9 Å². The van der Waals surface area contributed by atoms with Crippen molar-refractivity contribution >= 4 is 0 Å². The van der Waals surface area contributed by atoms with Crippen LogP contribution in [0.15, 0.2) is 4.52 Å². The van der Waals surface area contributed by atoms with E-state index in [1.54, 1.807) is 0 Å². The highest BCUT2D eigenvalue weighted by atomic mass is 16.5. The third-order valence-corrected chi connectivity index (χ3v) is 2.57. The summed E-state index contributed by atoms with van der Waals surface area (Å²) in [4.78, 5) is 4.40. The van der Waals surface area contributed by atoms with Gasteiger partial charge in [0, 0.05) is 12.8 Å². The smallest absolute Gasteiger partial charge is 0.226 e. The normalized spacial score (nSPS) is 14.1. The summed E-state index contributed by atoms with van der Waals surface area (Å²) in [6.07, 6.45) is 2.69. The van der Waals surface area contributed by atoms with Crippen molar-refractivity contribution in [2.75, 3.05) is 6.54 Å². The van der Waals surface area contributed by atoms with Crippen LogP contribution in [0, 0.1) is 11.3 Å². The second kappa shape index (κ2) is 5.43. The molecule has 16 heavy (non-hydrogen) atoms. The highest BCUT2D eigenvalue weighted by molar-refractivity contribution is 4.91. The van der Waals surface area contributed by atoms with Crippen molar-refractivity contribution in [3.63, 3.8) is 0 Å². The first-order chi connectivity index (χ1) is 7.44. The van der Waals surface area contributed by atoms with Crippen LogP contribution in [0.2, 0.25) is 0 Å². The van der Waals surface area contributed by atoms with Crippen molar-refractivity contribution in [2.24, 2.45) is 17.1 Å². The summed E-state index contributed by atoms with van der Waals surface area (Å²) >= 11 is 0. The maximum Gasteiger partial charge on any atom is 0.226 e. The Balaban J connectivity index is 2.57. The molecule has 0 radical (unpaired) electrons. The fourth-order valence-electron chi connectivity index (χ4n) is 1.56. The summed E-state index contributed by atoms with van der Waals surface area (Å²) in [5.74, 6) is 1.97. The first-order valence-corrected chi connectivity index (χ1v) is 5.96. The molecule has 0 fully saturated rings. The molecule has 1 rings (SSSR count). The lowest BCUT2D eigenvalue weighted by molar-refractivity contribution is 0.338. The molecule has 1 aromatic heterocycles. The van der Waals surface area contributed by atoms with Crippen molar-refractivity contribution < 1.29 is 4.52 Å². The third kappa shape index (κ3) is 4.31. The van der Waals surface area contributed by atoms with Gasteiger partial charge in [0.25, 0.3) is 0 Å². The van der Waals surface area contributed by atoms with Crippen LogP contribution in [-0.2, 0) is 12.8 Å². The van der Waals surface area contributed by atoms with Crippen LogP contribution in [0.25, 0.3) is 0 Å². The molecule has 0 amide bonds. The quantitative estimate of drug-likeness (QED) is 0.834. The van der Waals surface area contributed by atoms with Crippen molar-refractivity contribution in [1.29, 1.82) is 0 Å². The lowest BCUT2D eigenvalue weighted by Crippen LogP contribution is -2.16. The van der Waals surface area contributed by atoms with Crippen LogP contribution in [0.5, 0.6) is 0 Å². The van der Waals surface area contributed by atoms with Gasteiger partial charge >= 0.3 is 0 Å². The number of nitrogens with two attached hydrogens (primary N) is 1. The standard InChI is InChI=1S/C12H23N3O/c1-5-9(8-13)6-11-14-10(15-16-11)7-12(2,3)4/h9H,5-8,13H2,1-4H3. The van der Waals surface area contributed by atoms with Gasteiger partial charge < -0.3 is 10.3 Å². The number of nitrogens with zero attached hydrogens (tertiary/aromatic N) is 2. The van der Waals surface area contributed by atoms with Crippen molar-refractivity contribution in [3.05, 3.63) is 11.7 Å². The van der Waals surface area contributed by atoms with E-state index in [9.17, 15) is 0 Å². The predicted molar refractivity (Wildman–Crippen MR) is 64.0 cm³/mol. The molecule has 0 aromatic carbocycles. The molecule has 4 heteroatoms. The highest BCUT2D eigenvalue weighted by Gasteiger charge is 2.17. The lowest BCUT2D eigenvalue weighted by Gasteiger charge is -2.14. The maximum atomic E-state index is 5.65. The summed E-state index contributed by atoms with van der Waals surface area (Å²) in [6, 6.07) is 0. The molecule has 0 bridgehead atoms. The Kier molecular flexibility index (Phi) is 4.47. The number of hydrogen-bond acceptors (Lipinski definition) is 4. The average molecular weight is 225 g/mol. The molecule has 0 aliphatic carbocycles. The molecule has 1 atom stereocenters. The minimum Gasteiger partial charge on any atom is -0.339 e. The molecule has 4 nitrogen and oxygen atoms in total. The minimum absolute atomic E-state index is 0.194. The zero-order valence-electron chi connectivity index (χ0n) is 10.8. The van der Waals surface area contributed by atoms with E-state index in [4.69, 9.17) is 10.3 Å². The first-order valence-electron chi connectivity index (χ1n) is 5.96. The molecule has 0 aliphatic rings. The van der Waals surface area contributed by atoms with E-state index in [0.29, 0.717) is 12.5 Å². The van der Waals surface area contributed by atoms with Gasteiger partial charge in [-0.15, -0.1) is 0 Å². The second-order valence-corrected chi connectivity index (χ2v) is 5.56. The van der Waals surface area contributed by atoms with Gasteiger partial charge in [0.05, 0.1) is 0 Å². The molecule has 0 saturated heterocycles. The SMILES string of the molecule is CCC(CN)Cc1nc(CC(C)(C)C)no1. The largest absolute Gasteiger partial charge is 0.339 e. The Labute approximate surface area is 97.6 Å². The maximum absolute atomic E-state index is 5.65. The zero-order valence-corrected chi connectivity index (χ0v) is 10.8. The summed E-state index contributed by atoms with van der Waals surface area (Å²) in [5.41, 5.74) is 5.84. The van der Waals surface area contributed by atoms with Crippen LogP contribution in [0.3, 0.4) is 0 Å². The van der Waals surface area contributed by atoms with Crippen molar-refractivity contribution in [3.8, 4) is 0 Å². The highest BCUT2D eigenvalue weighted by Crippen LogP contribution is 2.19. The third-order valence-electron chi connectivity index (χ3n) is 2.57. The summed E-state index contributed by atoms with van der Waals surface area (Å²) < 4.78 is 5.23. The molecule has 1 aromatic rings. The van der Waals surface area contributed by atoms with E-state index in [0.717, 1.165) is 31.0 Å². The van der Waals surface area contributed by atoms with Gasteiger partial charge in [0.2, 0.25) is 5.89 Å². The van der Waals surface area contributed by atoms with Crippen molar-refractivity contribution in [2.45, 2.75) is 47.0 Å². The molecular formula is C12H23N3O. The molecule has 92 valence electrons. The lowest BCUT2D eigenvalue weighted by atomic mass is 9.92. The van der Waals surface area contributed by atoms with Gasteiger partial charge in [-0.05, 0) is 17.9 Å². The molecule has 0 spiro atoms. The number of aromatic nitrogens is 2. The Morgan fingerprint density at radius 2 is 2.06 bits per heavy atom. The van der Waals surface area contributed by atoms with E-state index in [2.05, 4.69) is 37.8 Å². The van der Waals surface area contributed by atoms with Crippen LogP contribution < -0.4 is 5.73 Å². The van der Waals surface area contributed by atoms with Gasteiger partial charge in [-0.25, -0.2) is 0 Å². The van der Waals surface area contributed by atoms with Gasteiger partial charge in [-0.2, -0.15) is 4.98 Å². The van der Waals surface area contributed by atoms with Gasteiger partial charge in [-0.3, -0.25) is 0 Å².